The van der Waals surface area contributed by atoms with E-state index in [1.165, 1.54) is 0 Å². The minimum absolute atomic E-state index is 0.665. The molecule has 0 saturated carbocycles. The van der Waals surface area contributed by atoms with Gasteiger partial charge in [-0.05, 0) is 48.5 Å². The molecular weight excluding hydrogens is 617 g/mol. The highest BCUT2D eigenvalue weighted by Gasteiger charge is 2.16. The fourth-order valence-corrected chi connectivity index (χ4v) is 6.63. The van der Waals surface area contributed by atoms with Crippen molar-refractivity contribution in [2.75, 3.05) is 20.2 Å². The van der Waals surface area contributed by atoms with Crippen LogP contribution in [-0.4, -0.2) is 49.9 Å². The van der Waals surface area contributed by atoms with Crippen LogP contribution in [0, 0.1) is 0 Å². The fraction of sp³-hybridized carbons (Fsp3) is 0.163. The smallest absolute Gasteiger partial charge is 0.145 e. The highest BCUT2D eigenvalue weighted by molar-refractivity contribution is 5.84. The fourth-order valence-electron chi connectivity index (χ4n) is 6.63. The van der Waals surface area contributed by atoms with E-state index in [1.807, 2.05) is 30.3 Å². The van der Waals surface area contributed by atoms with E-state index < -0.39 is 0 Å². The lowest BCUT2D eigenvalue weighted by Crippen LogP contribution is -2.35. The highest BCUT2D eigenvalue weighted by Crippen LogP contribution is 2.25. The second kappa shape index (κ2) is 14.4. The summed E-state index contributed by atoms with van der Waals surface area (Å²) in [4.78, 5) is 25.1. The first-order valence-corrected chi connectivity index (χ1v) is 17.1. The van der Waals surface area contributed by atoms with Crippen LogP contribution in [0.1, 0.15) is 22.8 Å². The molecule has 0 aliphatic heterocycles. The van der Waals surface area contributed by atoms with Gasteiger partial charge >= 0.3 is 0 Å². The number of aromatic nitrogens is 4. The number of hydrogen-bond donors (Lipinski definition) is 0. The molecule has 4 aromatic heterocycles. The number of methoxy groups -OCH3 is 1. The van der Waals surface area contributed by atoms with E-state index >= 15 is 0 Å². The summed E-state index contributed by atoms with van der Waals surface area (Å²) in [6.07, 6.45) is 0. The Balaban J connectivity index is 1.10. The first kappa shape index (κ1) is 31.5. The van der Waals surface area contributed by atoms with E-state index in [0.29, 0.717) is 26.2 Å². The summed E-state index contributed by atoms with van der Waals surface area (Å²) in [5.41, 5.74) is 7.99. The molecule has 4 heterocycles. The maximum atomic E-state index is 5.67. The molecule has 7 nitrogen and oxygen atoms in total. The standard InChI is InChI=1S/C43H38N6O/c1-50-42-16-8-12-34-20-24-38(47-43(34)42)30-49(29-37-23-19-33-11-4-7-15-41(33)46-37)26-25-48(27-35-21-17-31-9-2-5-13-39(31)44-35)28-36-22-18-32-10-3-6-14-40(32)45-36/h2-24H,25-30H2,1H3. The van der Waals surface area contributed by atoms with Crippen LogP contribution in [0.5, 0.6) is 5.75 Å². The van der Waals surface area contributed by atoms with Gasteiger partial charge in [0.1, 0.15) is 11.3 Å². The number of nitrogens with zero attached hydrogens (tertiary/aromatic N) is 6. The molecule has 7 heteroatoms. The van der Waals surface area contributed by atoms with E-state index in [4.69, 9.17) is 24.7 Å². The van der Waals surface area contributed by atoms with Gasteiger partial charge in [-0.15, -0.1) is 0 Å². The zero-order chi connectivity index (χ0) is 33.7. The van der Waals surface area contributed by atoms with Gasteiger partial charge in [0.05, 0.1) is 46.4 Å². The Bertz CT molecular complexity index is 2350. The van der Waals surface area contributed by atoms with Crippen molar-refractivity contribution in [3.05, 3.63) is 162 Å². The van der Waals surface area contributed by atoms with Gasteiger partial charge in [-0.25, -0.2) is 4.98 Å². The molecule has 0 aliphatic rings. The molecule has 0 atom stereocenters. The number of hydrogen-bond acceptors (Lipinski definition) is 7. The quantitative estimate of drug-likeness (QED) is 0.131. The summed E-state index contributed by atoms with van der Waals surface area (Å²) >= 11 is 0. The SMILES string of the molecule is COc1cccc2ccc(CN(CCN(Cc3ccc4ccccc4n3)Cc3ccc4ccccc4n3)Cc3ccc4ccccc4n3)nc12. The molecule has 0 radical (unpaired) electrons. The van der Waals surface area contributed by atoms with E-state index in [2.05, 4.69) is 119 Å². The van der Waals surface area contributed by atoms with Crippen molar-refractivity contribution < 1.29 is 4.74 Å². The minimum Gasteiger partial charge on any atom is -0.494 e. The molecule has 246 valence electrons. The molecule has 8 aromatic rings. The average molecular weight is 655 g/mol. The second-order valence-corrected chi connectivity index (χ2v) is 12.7. The molecule has 4 aromatic carbocycles. The Hall–Kier alpha value is -5.76. The van der Waals surface area contributed by atoms with Crippen molar-refractivity contribution in [1.29, 1.82) is 0 Å². The first-order chi connectivity index (χ1) is 24.7. The number of benzene rings is 4. The zero-order valence-electron chi connectivity index (χ0n) is 28.1. The predicted molar refractivity (Wildman–Crippen MR) is 202 cm³/mol. The Kier molecular flexibility index (Phi) is 9.06. The van der Waals surface area contributed by atoms with Crippen molar-refractivity contribution in [3.63, 3.8) is 0 Å². The molecule has 0 unspecified atom stereocenters. The Morgan fingerprint density at radius 3 is 1.22 bits per heavy atom. The van der Waals surface area contributed by atoms with Gasteiger partial charge in [-0.1, -0.05) is 91.0 Å². The van der Waals surface area contributed by atoms with E-state index in [-0.39, 0.29) is 0 Å². The normalized spacial score (nSPS) is 11.7. The third-order valence-corrected chi connectivity index (χ3v) is 9.20. The third kappa shape index (κ3) is 7.15. The zero-order valence-corrected chi connectivity index (χ0v) is 28.1. The van der Waals surface area contributed by atoms with Crippen LogP contribution < -0.4 is 4.74 Å². The van der Waals surface area contributed by atoms with Gasteiger partial charge in [0, 0.05) is 60.8 Å². The summed E-state index contributed by atoms with van der Waals surface area (Å²) in [6, 6.07) is 48.1. The van der Waals surface area contributed by atoms with Crippen LogP contribution in [0.4, 0.5) is 0 Å². The number of ether oxygens (including phenoxy) is 1. The summed E-state index contributed by atoms with van der Waals surface area (Å²) in [7, 11) is 1.70. The Labute approximate surface area is 291 Å². The highest BCUT2D eigenvalue weighted by atomic mass is 16.5. The minimum atomic E-state index is 0.665. The molecule has 0 fully saturated rings. The van der Waals surface area contributed by atoms with Crippen LogP contribution in [0.3, 0.4) is 0 Å². The second-order valence-electron chi connectivity index (χ2n) is 12.7. The molecule has 0 N–H and O–H groups in total. The lowest BCUT2D eigenvalue weighted by atomic mass is 10.1. The number of para-hydroxylation sites is 4. The maximum Gasteiger partial charge on any atom is 0.145 e. The molecule has 8 rings (SSSR count). The third-order valence-electron chi connectivity index (χ3n) is 9.20. The van der Waals surface area contributed by atoms with Crippen LogP contribution in [0.2, 0.25) is 0 Å². The molecule has 0 aliphatic carbocycles. The van der Waals surface area contributed by atoms with Gasteiger partial charge in [0.2, 0.25) is 0 Å². The topological polar surface area (TPSA) is 67.3 Å². The molecule has 0 bridgehead atoms. The van der Waals surface area contributed by atoms with Crippen molar-refractivity contribution >= 4 is 43.6 Å². The van der Waals surface area contributed by atoms with Gasteiger partial charge < -0.3 is 4.74 Å². The van der Waals surface area contributed by atoms with E-state index in [9.17, 15) is 0 Å². The molecule has 0 spiro atoms. The van der Waals surface area contributed by atoms with Crippen molar-refractivity contribution in [2.45, 2.75) is 26.2 Å². The number of rotatable bonds is 12. The first-order valence-electron chi connectivity index (χ1n) is 17.1. The van der Waals surface area contributed by atoms with E-state index in [1.54, 1.807) is 7.11 Å². The van der Waals surface area contributed by atoms with Gasteiger partial charge in [0.15, 0.2) is 0 Å². The summed E-state index contributed by atoms with van der Waals surface area (Å²) in [6.45, 7) is 4.35. The molecule has 0 amide bonds. The van der Waals surface area contributed by atoms with Crippen molar-refractivity contribution in [3.8, 4) is 5.75 Å². The summed E-state index contributed by atoms with van der Waals surface area (Å²) in [5.74, 6) is 0.782. The van der Waals surface area contributed by atoms with Crippen LogP contribution in [0.25, 0.3) is 43.6 Å². The largest absolute Gasteiger partial charge is 0.494 e. The molecule has 50 heavy (non-hydrogen) atoms. The summed E-state index contributed by atoms with van der Waals surface area (Å²) in [5, 5.41) is 4.50. The molecular formula is C43H38N6O. The van der Waals surface area contributed by atoms with Gasteiger partial charge in [-0.2, -0.15) is 0 Å². The van der Waals surface area contributed by atoms with E-state index in [0.717, 1.165) is 85.2 Å². The predicted octanol–water partition coefficient (Wildman–Crippen LogP) is 8.59. The van der Waals surface area contributed by atoms with Crippen molar-refractivity contribution in [1.82, 2.24) is 29.7 Å². The lowest BCUT2D eigenvalue weighted by molar-refractivity contribution is 0.178. The van der Waals surface area contributed by atoms with Gasteiger partial charge in [0.25, 0.3) is 0 Å². The summed E-state index contributed by atoms with van der Waals surface area (Å²) < 4.78 is 5.67. The Morgan fingerprint density at radius 2 is 0.780 bits per heavy atom. The lowest BCUT2D eigenvalue weighted by Gasteiger charge is -2.27. The number of fused-ring (bicyclic) bond motifs is 4. The maximum absolute atomic E-state index is 5.67. The van der Waals surface area contributed by atoms with Crippen LogP contribution >= 0.6 is 0 Å². The van der Waals surface area contributed by atoms with Crippen molar-refractivity contribution in [2.24, 2.45) is 0 Å². The van der Waals surface area contributed by atoms with Crippen LogP contribution in [-0.2, 0) is 26.2 Å². The Morgan fingerprint density at radius 1 is 0.400 bits per heavy atom. The monoisotopic (exact) mass is 654 g/mol. The van der Waals surface area contributed by atoms with Gasteiger partial charge in [-0.3, -0.25) is 24.8 Å². The number of pyridine rings is 4. The molecule has 0 saturated heterocycles. The van der Waals surface area contributed by atoms with Crippen LogP contribution in [0.15, 0.2) is 140 Å². The average Bonchev–Trinajstić information content (AvgIpc) is 3.16.